The molecule has 0 radical (unpaired) electrons. The van der Waals surface area contributed by atoms with Gasteiger partial charge in [0, 0.05) is 18.8 Å². The predicted molar refractivity (Wildman–Crippen MR) is 70.9 cm³/mol. The number of carboxylic acids is 1. The molecule has 0 saturated carbocycles. The number of hydrogen-bond acceptors (Lipinski definition) is 2. The highest BCUT2D eigenvalue weighted by Crippen LogP contribution is 2.22. The summed E-state index contributed by atoms with van der Waals surface area (Å²) in [6.45, 7) is 8.24. The molecule has 0 aliphatic carbocycles. The predicted octanol–water partition coefficient (Wildman–Crippen LogP) is 3.32. The molecular weight excluding hydrogens is 214 g/mol. The van der Waals surface area contributed by atoms with Gasteiger partial charge in [0.05, 0.1) is 5.56 Å². The highest BCUT2D eigenvalue weighted by molar-refractivity contribution is 5.89. The maximum atomic E-state index is 11.0. The zero-order valence-electron chi connectivity index (χ0n) is 10.9. The fraction of sp³-hybridized carbons (Fsp3) is 0.500. The van der Waals surface area contributed by atoms with E-state index in [1.807, 2.05) is 13.0 Å². The minimum atomic E-state index is -0.862. The van der Waals surface area contributed by atoms with Crippen LogP contribution in [0.1, 0.15) is 42.6 Å². The van der Waals surface area contributed by atoms with Crippen LogP contribution in [-0.2, 0) is 0 Å². The summed E-state index contributed by atoms with van der Waals surface area (Å²) in [5.41, 5.74) is 2.55. The Bertz CT molecular complexity index is 382. The van der Waals surface area contributed by atoms with Gasteiger partial charge >= 0.3 is 5.97 Å². The van der Waals surface area contributed by atoms with Crippen molar-refractivity contribution in [3.63, 3.8) is 0 Å². The van der Waals surface area contributed by atoms with Crippen LogP contribution in [-0.4, -0.2) is 24.2 Å². The van der Waals surface area contributed by atoms with Gasteiger partial charge in [-0.2, -0.15) is 0 Å². The molecule has 3 heteroatoms. The van der Waals surface area contributed by atoms with Crippen molar-refractivity contribution in [2.45, 2.75) is 33.6 Å². The molecule has 0 amide bonds. The topological polar surface area (TPSA) is 40.5 Å². The van der Waals surface area contributed by atoms with Gasteiger partial charge in [0.2, 0.25) is 0 Å². The van der Waals surface area contributed by atoms with Crippen molar-refractivity contribution in [3.8, 4) is 0 Å². The van der Waals surface area contributed by atoms with Crippen LogP contribution in [0.25, 0.3) is 0 Å². The molecule has 0 aromatic heterocycles. The summed E-state index contributed by atoms with van der Waals surface area (Å²) < 4.78 is 0. The van der Waals surface area contributed by atoms with E-state index in [1.165, 1.54) is 0 Å². The number of benzene rings is 1. The van der Waals surface area contributed by atoms with Crippen LogP contribution >= 0.6 is 0 Å². The van der Waals surface area contributed by atoms with Crippen molar-refractivity contribution in [2.24, 2.45) is 0 Å². The molecule has 0 bridgehead atoms. The molecule has 3 nitrogen and oxygen atoms in total. The average Bonchev–Trinajstić information content (AvgIpc) is 2.29. The lowest BCUT2D eigenvalue weighted by atomic mass is 10.1. The average molecular weight is 235 g/mol. The lowest BCUT2D eigenvalue weighted by Gasteiger charge is -2.25. The van der Waals surface area contributed by atoms with Crippen molar-refractivity contribution < 1.29 is 9.90 Å². The van der Waals surface area contributed by atoms with E-state index in [1.54, 1.807) is 12.1 Å². The fourth-order valence-corrected chi connectivity index (χ4v) is 1.98. The zero-order chi connectivity index (χ0) is 12.8. The molecule has 1 aromatic rings. The summed E-state index contributed by atoms with van der Waals surface area (Å²) in [6.07, 6.45) is 2.13. The standard InChI is InChI=1S/C14H21NO2/c1-4-8-15(9-5-2)13-10-12(14(16)17)7-6-11(13)3/h6-7,10H,4-5,8-9H2,1-3H3,(H,16,17). The minimum Gasteiger partial charge on any atom is -0.478 e. The second kappa shape index (κ2) is 6.28. The van der Waals surface area contributed by atoms with Crippen molar-refractivity contribution in [1.29, 1.82) is 0 Å². The second-order valence-electron chi connectivity index (χ2n) is 4.29. The number of rotatable bonds is 6. The van der Waals surface area contributed by atoms with Crippen LogP contribution in [0.15, 0.2) is 18.2 Å². The Morgan fingerprint density at radius 1 is 1.24 bits per heavy atom. The van der Waals surface area contributed by atoms with Gasteiger partial charge < -0.3 is 10.0 Å². The number of nitrogens with zero attached hydrogens (tertiary/aromatic N) is 1. The number of aromatic carboxylic acids is 1. The molecule has 1 aromatic carbocycles. The van der Waals surface area contributed by atoms with Gasteiger partial charge in [-0.25, -0.2) is 4.79 Å². The Balaban J connectivity index is 3.07. The molecular formula is C14H21NO2. The third-order valence-corrected chi connectivity index (χ3v) is 2.78. The maximum Gasteiger partial charge on any atom is 0.335 e. The second-order valence-corrected chi connectivity index (χ2v) is 4.29. The van der Waals surface area contributed by atoms with Crippen LogP contribution in [0, 0.1) is 6.92 Å². The van der Waals surface area contributed by atoms with Gasteiger partial charge in [0.25, 0.3) is 0 Å². The Kier molecular flexibility index (Phi) is 5.01. The number of carbonyl (C=O) groups is 1. The van der Waals surface area contributed by atoms with E-state index < -0.39 is 5.97 Å². The first-order chi connectivity index (χ1) is 8.10. The molecule has 1 rings (SSSR count). The molecule has 17 heavy (non-hydrogen) atoms. The Labute approximate surface area is 103 Å². The van der Waals surface area contributed by atoms with Crippen molar-refractivity contribution in [2.75, 3.05) is 18.0 Å². The molecule has 0 saturated heterocycles. The van der Waals surface area contributed by atoms with E-state index in [4.69, 9.17) is 5.11 Å². The van der Waals surface area contributed by atoms with E-state index >= 15 is 0 Å². The molecule has 0 unspecified atom stereocenters. The third kappa shape index (κ3) is 3.48. The molecule has 0 fully saturated rings. The van der Waals surface area contributed by atoms with Crippen LogP contribution in [0.2, 0.25) is 0 Å². The molecule has 0 aliphatic rings. The molecule has 0 aliphatic heterocycles. The van der Waals surface area contributed by atoms with E-state index in [2.05, 4.69) is 18.7 Å². The summed E-state index contributed by atoms with van der Waals surface area (Å²) in [7, 11) is 0. The van der Waals surface area contributed by atoms with Crippen LogP contribution in [0.3, 0.4) is 0 Å². The van der Waals surface area contributed by atoms with Crippen molar-refractivity contribution in [3.05, 3.63) is 29.3 Å². The molecule has 1 N–H and O–H groups in total. The Morgan fingerprint density at radius 3 is 2.29 bits per heavy atom. The first-order valence-electron chi connectivity index (χ1n) is 6.19. The highest BCUT2D eigenvalue weighted by atomic mass is 16.4. The lowest BCUT2D eigenvalue weighted by Crippen LogP contribution is -2.25. The Morgan fingerprint density at radius 2 is 1.82 bits per heavy atom. The number of aryl methyl sites for hydroxylation is 1. The lowest BCUT2D eigenvalue weighted by molar-refractivity contribution is 0.0697. The molecule has 0 atom stereocenters. The molecule has 94 valence electrons. The van der Waals surface area contributed by atoms with Gasteiger partial charge in [-0.3, -0.25) is 0 Å². The monoisotopic (exact) mass is 235 g/mol. The summed E-state index contributed by atoms with van der Waals surface area (Å²) in [6, 6.07) is 5.33. The number of hydrogen-bond donors (Lipinski definition) is 1. The van der Waals surface area contributed by atoms with Gasteiger partial charge in [-0.15, -0.1) is 0 Å². The third-order valence-electron chi connectivity index (χ3n) is 2.78. The maximum absolute atomic E-state index is 11.0. The smallest absolute Gasteiger partial charge is 0.335 e. The van der Waals surface area contributed by atoms with Gasteiger partial charge in [0.1, 0.15) is 0 Å². The summed E-state index contributed by atoms with van der Waals surface area (Å²) >= 11 is 0. The van der Waals surface area contributed by atoms with Gasteiger partial charge in [-0.1, -0.05) is 19.9 Å². The van der Waals surface area contributed by atoms with Crippen LogP contribution in [0.5, 0.6) is 0 Å². The zero-order valence-corrected chi connectivity index (χ0v) is 10.9. The summed E-state index contributed by atoms with van der Waals surface area (Å²) in [5.74, 6) is -0.862. The van der Waals surface area contributed by atoms with E-state index in [0.29, 0.717) is 5.56 Å². The van der Waals surface area contributed by atoms with E-state index in [9.17, 15) is 4.79 Å². The summed E-state index contributed by atoms with van der Waals surface area (Å²) in [5, 5.41) is 9.02. The van der Waals surface area contributed by atoms with Crippen molar-refractivity contribution in [1.82, 2.24) is 0 Å². The minimum absolute atomic E-state index is 0.364. The van der Waals surface area contributed by atoms with Gasteiger partial charge in [-0.05, 0) is 37.5 Å². The Hall–Kier alpha value is -1.51. The highest BCUT2D eigenvalue weighted by Gasteiger charge is 2.11. The van der Waals surface area contributed by atoms with E-state index in [0.717, 1.165) is 37.2 Å². The quantitative estimate of drug-likeness (QED) is 0.822. The number of anilines is 1. The van der Waals surface area contributed by atoms with E-state index in [-0.39, 0.29) is 0 Å². The fourth-order valence-electron chi connectivity index (χ4n) is 1.98. The van der Waals surface area contributed by atoms with Crippen molar-refractivity contribution >= 4 is 11.7 Å². The molecule has 0 spiro atoms. The summed E-state index contributed by atoms with van der Waals surface area (Å²) in [4.78, 5) is 13.2. The van der Waals surface area contributed by atoms with Crippen LogP contribution < -0.4 is 4.90 Å². The number of carboxylic acid groups (broad SMARTS) is 1. The van der Waals surface area contributed by atoms with Crippen LogP contribution in [0.4, 0.5) is 5.69 Å². The first-order valence-corrected chi connectivity index (χ1v) is 6.19. The SMILES string of the molecule is CCCN(CCC)c1cc(C(=O)O)ccc1C. The first kappa shape index (κ1) is 13.6. The normalized spacial score (nSPS) is 10.3. The van der Waals surface area contributed by atoms with Gasteiger partial charge in [0.15, 0.2) is 0 Å². The molecule has 0 heterocycles. The largest absolute Gasteiger partial charge is 0.478 e.